The monoisotopic (exact) mass is 348 g/mol. The van der Waals surface area contributed by atoms with Crippen LogP contribution >= 0.6 is 23.4 Å². The zero-order valence-corrected chi connectivity index (χ0v) is 15.0. The largest absolute Gasteiger partial charge is 0.353 e. The van der Waals surface area contributed by atoms with Crippen molar-refractivity contribution in [3.8, 4) is 0 Å². The van der Waals surface area contributed by atoms with E-state index in [-0.39, 0.29) is 11.9 Å². The van der Waals surface area contributed by atoms with Crippen LogP contribution in [-0.2, 0) is 17.0 Å². The zero-order valence-electron chi connectivity index (χ0n) is 13.4. The zero-order chi connectivity index (χ0) is 16.7. The van der Waals surface area contributed by atoms with Crippen molar-refractivity contribution in [2.75, 3.05) is 5.75 Å². The van der Waals surface area contributed by atoms with E-state index in [1.807, 2.05) is 50.2 Å². The molecule has 1 heterocycles. The lowest BCUT2D eigenvalue weighted by atomic mass is 10.1. The first-order valence-corrected chi connectivity index (χ1v) is 9.10. The molecule has 23 heavy (non-hydrogen) atoms. The lowest BCUT2D eigenvalue weighted by Gasteiger charge is -2.14. The maximum atomic E-state index is 12.0. The van der Waals surface area contributed by atoms with Crippen molar-refractivity contribution in [3.05, 3.63) is 64.4 Å². The molecule has 0 aliphatic carbocycles. The van der Waals surface area contributed by atoms with Crippen molar-refractivity contribution >= 4 is 29.3 Å². The number of nitrogens with one attached hydrogen (secondary N) is 1. The molecular weight excluding hydrogens is 328 g/mol. The van der Waals surface area contributed by atoms with Gasteiger partial charge in [-0.15, -0.1) is 11.8 Å². The first-order valence-electron chi connectivity index (χ1n) is 7.57. The van der Waals surface area contributed by atoms with E-state index in [0.717, 1.165) is 34.0 Å². The van der Waals surface area contributed by atoms with Gasteiger partial charge in [-0.1, -0.05) is 35.9 Å². The minimum Gasteiger partial charge on any atom is -0.353 e. The van der Waals surface area contributed by atoms with Gasteiger partial charge in [-0.25, -0.2) is 0 Å². The summed E-state index contributed by atoms with van der Waals surface area (Å²) in [5.41, 5.74) is 3.25. The highest BCUT2D eigenvalue weighted by atomic mass is 35.5. The fourth-order valence-electron chi connectivity index (χ4n) is 2.26. The summed E-state index contributed by atoms with van der Waals surface area (Å²) in [4.78, 5) is 16.4. The van der Waals surface area contributed by atoms with Crippen molar-refractivity contribution in [2.24, 2.45) is 0 Å². The highest BCUT2D eigenvalue weighted by Gasteiger charge is 2.10. The molecule has 0 saturated carbocycles. The van der Waals surface area contributed by atoms with E-state index in [2.05, 4.69) is 10.3 Å². The predicted molar refractivity (Wildman–Crippen MR) is 97.9 cm³/mol. The van der Waals surface area contributed by atoms with Gasteiger partial charge < -0.3 is 5.32 Å². The van der Waals surface area contributed by atoms with Gasteiger partial charge in [0.25, 0.3) is 0 Å². The van der Waals surface area contributed by atoms with E-state index in [9.17, 15) is 4.79 Å². The molecule has 1 N–H and O–H groups in total. The van der Waals surface area contributed by atoms with Crippen LogP contribution in [0.15, 0.2) is 42.6 Å². The minimum absolute atomic E-state index is 0.0446. The number of hydrogen-bond acceptors (Lipinski definition) is 3. The molecule has 1 atom stereocenters. The highest BCUT2D eigenvalue weighted by Crippen LogP contribution is 2.20. The Balaban J connectivity index is 1.74. The number of benzene rings is 1. The molecule has 1 amide bonds. The Bertz CT molecular complexity index is 663. The molecule has 1 unspecified atom stereocenters. The van der Waals surface area contributed by atoms with Crippen molar-refractivity contribution in [2.45, 2.75) is 32.1 Å². The Morgan fingerprint density at radius 3 is 2.83 bits per heavy atom. The lowest BCUT2D eigenvalue weighted by molar-refractivity contribution is -0.119. The average Bonchev–Trinajstić information content (AvgIpc) is 2.51. The number of halogens is 1. The van der Waals surface area contributed by atoms with Gasteiger partial charge in [0.1, 0.15) is 0 Å². The van der Waals surface area contributed by atoms with Crippen LogP contribution in [0.3, 0.4) is 0 Å². The Kier molecular flexibility index (Phi) is 6.93. The third-order valence-corrected chi connectivity index (χ3v) is 4.82. The predicted octanol–water partition coefficient (Wildman–Crippen LogP) is 4.02. The van der Waals surface area contributed by atoms with Gasteiger partial charge in [0, 0.05) is 35.1 Å². The minimum atomic E-state index is 0.0446. The molecule has 0 fully saturated rings. The van der Waals surface area contributed by atoms with E-state index in [0.29, 0.717) is 5.75 Å². The van der Waals surface area contributed by atoms with Gasteiger partial charge >= 0.3 is 0 Å². The van der Waals surface area contributed by atoms with Crippen molar-refractivity contribution < 1.29 is 4.79 Å². The molecular formula is C18H21ClN2OS. The number of rotatable bonds is 7. The number of amides is 1. The van der Waals surface area contributed by atoms with Gasteiger partial charge in [-0.3, -0.25) is 9.78 Å². The fraction of sp³-hybridized carbons (Fsp3) is 0.333. The fourth-order valence-corrected chi connectivity index (χ4v) is 3.38. The summed E-state index contributed by atoms with van der Waals surface area (Å²) in [6, 6.07) is 11.7. The number of thioether (sulfide) groups is 1. The van der Waals surface area contributed by atoms with Crippen LogP contribution in [-0.4, -0.2) is 22.7 Å². The van der Waals surface area contributed by atoms with Crippen LogP contribution in [0.4, 0.5) is 0 Å². The van der Waals surface area contributed by atoms with E-state index in [1.54, 1.807) is 18.0 Å². The van der Waals surface area contributed by atoms with E-state index in [1.165, 1.54) is 0 Å². The molecule has 0 radical (unpaired) electrons. The van der Waals surface area contributed by atoms with Gasteiger partial charge in [0.15, 0.2) is 0 Å². The van der Waals surface area contributed by atoms with Crippen LogP contribution in [0.2, 0.25) is 5.02 Å². The first kappa shape index (κ1) is 17.8. The lowest BCUT2D eigenvalue weighted by Crippen LogP contribution is -2.35. The summed E-state index contributed by atoms with van der Waals surface area (Å²) in [6.45, 7) is 4.04. The van der Waals surface area contributed by atoms with E-state index < -0.39 is 0 Å². The molecule has 5 heteroatoms. The molecule has 0 aliphatic heterocycles. The third kappa shape index (κ3) is 5.88. The SMILES string of the molecule is Cc1cccnc1CC(C)NC(=O)CSCc1ccccc1Cl. The molecule has 1 aromatic heterocycles. The summed E-state index contributed by atoms with van der Waals surface area (Å²) in [6.07, 6.45) is 2.53. The highest BCUT2D eigenvalue weighted by molar-refractivity contribution is 7.99. The second-order valence-electron chi connectivity index (χ2n) is 5.52. The summed E-state index contributed by atoms with van der Waals surface area (Å²) in [5.74, 6) is 1.21. The molecule has 122 valence electrons. The number of aryl methyl sites for hydroxylation is 1. The van der Waals surface area contributed by atoms with Crippen LogP contribution in [0.1, 0.15) is 23.7 Å². The Labute approximate surface area is 146 Å². The molecule has 2 aromatic rings. The van der Waals surface area contributed by atoms with E-state index >= 15 is 0 Å². The first-order chi connectivity index (χ1) is 11.1. The quantitative estimate of drug-likeness (QED) is 0.821. The Hall–Kier alpha value is -1.52. The molecule has 0 aliphatic rings. The Morgan fingerprint density at radius 1 is 1.30 bits per heavy atom. The summed E-state index contributed by atoms with van der Waals surface area (Å²) >= 11 is 7.68. The number of nitrogens with zero attached hydrogens (tertiary/aromatic N) is 1. The van der Waals surface area contributed by atoms with E-state index in [4.69, 9.17) is 11.6 Å². The topological polar surface area (TPSA) is 42.0 Å². The number of carbonyl (C=O) groups is 1. The van der Waals surface area contributed by atoms with Crippen LogP contribution in [0.5, 0.6) is 0 Å². The Morgan fingerprint density at radius 2 is 2.09 bits per heavy atom. The maximum absolute atomic E-state index is 12.0. The van der Waals surface area contributed by atoms with Crippen LogP contribution in [0.25, 0.3) is 0 Å². The molecule has 1 aromatic carbocycles. The summed E-state index contributed by atoms with van der Waals surface area (Å²) < 4.78 is 0. The number of aromatic nitrogens is 1. The molecule has 0 saturated heterocycles. The number of hydrogen-bond donors (Lipinski definition) is 1. The molecule has 3 nitrogen and oxygen atoms in total. The normalized spacial score (nSPS) is 12.0. The van der Waals surface area contributed by atoms with Crippen LogP contribution in [0, 0.1) is 6.92 Å². The smallest absolute Gasteiger partial charge is 0.230 e. The standard InChI is InChI=1S/C18H21ClN2OS/c1-13-6-5-9-20-17(13)10-14(2)21-18(22)12-23-11-15-7-3-4-8-16(15)19/h3-9,14H,10-12H2,1-2H3,(H,21,22). The maximum Gasteiger partial charge on any atom is 0.230 e. The third-order valence-electron chi connectivity index (χ3n) is 3.47. The summed E-state index contributed by atoms with van der Waals surface area (Å²) in [5, 5.41) is 3.77. The average molecular weight is 349 g/mol. The molecule has 0 spiro atoms. The van der Waals surface area contributed by atoms with Gasteiger partial charge in [-0.2, -0.15) is 0 Å². The second kappa shape index (κ2) is 8.94. The number of pyridine rings is 1. The van der Waals surface area contributed by atoms with Gasteiger partial charge in [0.2, 0.25) is 5.91 Å². The van der Waals surface area contributed by atoms with Crippen molar-refractivity contribution in [1.29, 1.82) is 0 Å². The van der Waals surface area contributed by atoms with Crippen molar-refractivity contribution in [1.82, 2.24) is 10.3 Å². The number of carbonyl (C=O) groups excluding carboxylic acids is 1. The van der Waals surface area contributed by atoms with Crippen molar-refractivity contribution in [3.63, 3.8) is 0 Å². The second-order valence-corrected chi connectivity index (χ2v) is 6.92. The van der Waals surface area contributed by atoms with Gasteiger partial charge in [0.05, 0.1) is 5.75 Å². The van der Waals surface area contributed by atoms with Gasteiger partial charge in [-0.05, 0) is 37.1 Å². The summed E-state index contributed by atoms with van der Waals surface area (Å²) in [7, 11) is 0. The molecule has 0 bridgehead atoms. The van der Waals surface area contributed by atoms with Crippen LogP contribution < -0.4 is 5.32 Å². The molecule has 2 rings (SSSR count).